The average molecular weight is 396 g/mol. The van der Waals surface area contributed by atoms with E-state index in [1.54, 1.807) is 7.05 Å². The molecule has 4 rings (SSSR count). The van der Waals surface area contributed by atoms with Crippen molar-refractivity contribution in [2.24, 2.45) is 18.9 Å². The van der Waals surface area contributed by atoms with Crippen molar-refractivity contribution in [1.29, 1.82) is 0 Å². The lowest BCUT2D eigenvalue weighted by molar-refractivity contribution is 0.351. The largest absolute Gasteiger partial charge is 0.342 e. The molecule has 0 amide bonds. The van der Waals surface area contributed by atoms with E-state index in [4.69, 9.17) is 4.98 Å². The molecule has 2 unspecified atom stereocenters. The summed E-state index contributed by atoms with van der Waals surface area (Å²) < 4.78 is 3.45. The van der Waals surface area contributed by atoms with Crippen LogP contribution in [0, 0.1) is 11.8 Å². The third-order valence-corrected chi connectivity index (χ3v) is 5.83. The number of aromatic amines is 1. The Morgan fingerprint density at radius 1 is 1.10 bits per heavy atom. The SMILES string of the molecule is CC1CC(C)CN(c2nc3c(c(=O)[nH]c(=O)n3C)n2CCCc2ccccc2)C1. The second-order valence-electron chi connectivity index (χ2n) is 8.49. The van der Waals surface area contributed by atoms with Crippen LogP contribution in [0.1, 0.15) is 32.3 Å². The predicted molar refractivity (Wildman–Crippen MR) is 116 cm³/mol. The van der Waals surface area contributed by atoms with Crippen LogP contribution in [0.3, 0.4) is 0 Å². The third kappa shape index (κ3) is 3.86. The van der Waals surface area contributed by atoms with Crippen molar-refractivity contribution in [2.45, 2.75) is 39.7 Å². The van der Waals surface area contributed by atoms with Crippen LogP contribution in [0.25, 0.3) is 11.2 Å². The summed E-state index contributed by atoms with van der Waals surface area (Å²) in [6.07, 6.45) is 3.02. The average Bonchev–Trinajstić information content (AvgIpc) is 3.07. The van der Waals surface area contributed by atoms with Crippen molar-refractivity contribution in [3.8, 4) is 0 Å². The van der Waals surface area contributed by atoms with E-state index in [2.05, 4.69) is 35.9 Å². The van der Waals surface area contributed by atoms with Crippen LogP contribution in [0.15, 0.2) is 39.9 Å². The molecule has 1 saturated heterocycles. The fraction of sp³-hybridized carbons (Fsp3) is 0.500. The number of hydrogen-bond acceptors (Lipinski definition) is 4. The predicted octanol–water partition coefficient (Wildman–Crippen LogP) is 2.54. The van der Waals surface area contributed by atoms with Gasteiger partial charge < -0.3 is 9.47 Å². The van der Waals surface area contributed by atoms with Gasteiger partial charge in [-0.3, -0.25) is 14.3 Å². The molecule has 1 aliphatic heterocycles. The molecule has 0 radical (unpaired) electrons. The molecular weight excluding hydrogens is 366 g/mol. The van der Waals surface area contributed by atoms with Gasteiger partial charge in [-0.1, -0.05) is 44.2 Å². The van der Waals surface area contributed by atoms with Gasteiger partial charge in [-0.2, -0.15) is 4.98 Å². The maximum atomic E-state index is 12.7. The van der Waals surface area contributed by atoms with E-state index in [1.807, 2.05) is 22.8 Å². The summed E-state index contributed by atoms with van der Waals surface area (Å²) in [7, 11) is 1.66. The van der Waals surface area contributed by atoms with Crippen LogP contribution < -0.4 is 16.1 Å². The van der Waals surface area contributed by atoms with Gasteiger partial charge in [0.1, 0.15) is 0 Å². The molecule has 1 aromatic carbocycles. The molecule has 7 nitrogen and oxygen atoms in total. The van der Waals surface area contributed by atoms with Crippen LogP contribution in [0.4, 0.5) is 5.95 Å². The number of benzene rings is 1. The number of rotatable bonds is 5. The lowest BCUT2D eigenvalue weighted by atomic mass is 9.92. The molecule has 154 valence electrons. The van der Waals surface area contributed by atoms with Gasteiger partial charge in [-0.25, -0.2) is 4.79 Å². The van der Waals surface area contributed by atoms with Gasteiger partial charge in [-0.15, -0.1) is 0 Å². The minimum Gasteiger partial charge on any atom is -0.342 e. The molecule has 2 aromatic heterocycles. The van der Waals surface area contributed by atoms with Crippen molar-refractivity contribution < 1.29 is 0 Å². The standard InChI is InChI=1S/C22H29N5O2/c1-15-12-16(2)14-26(13-15)21-23-19-18(20(28)24-22(29)25(19)3)27(21)11-7-10-17-8-5-4-6-9-17/h4-6,8-9,15-16H,7,10-14H2,1-3H3,(H,24,28,29). The monoisotopic (exact) mass is 395 g/mol. The molecule has 0 aliphatic carbocycles. The van der Waals surface area contributed by atoms with Crippen molar-refractivity contribution in [2.75, 3.05) is 18.0 Å². The lowest BCUT2D eigenvalue weighted by Crippen LogP contribution is -2.40. The normalized spacial score (nSPS) is 19.8. The van der Waals surface area contributed by atoms with Gasteiger partial charge in [0, 0.05) is 26.7 Å². The number of aryl methyl sites for hydroxylation is 3. The number of piperidine rings is 1. The maximum absolute atomic E-state index is 12.7. The molecule has 1 fully saturated rings. The first kappa shape index (κ1) is 19.5. The third-order valence-electron chi connectivity index (χ3n) is 5.83. The number of imidazole rings is 1. The molecule has 1 N–H and O–H groups in total. The molecule has 0 saturated carbocycles. The van der Waals surface area contributed by atoms with E-state index >= 15 is 0 Å². The minimum absolute atomic E-state index is 0.361. The molecular formula is C22H29N5O2. The van der Waals surface area contributed by atoms with Gasteiger partial charge in [0.15, 0.2) is 11.2 Å². The number of anilines is 1. The van der Waals surface area contributed by atoms with E-state index in [1.165, 1.54) is 16.6 Å². The fourth-order valence-corrected chi connectivity index (χ4v) is 4.59. The quantitative estimate of drug-likeness (QED) is 0.720. The summed E-state index contributed by atoms with van der Waals surface area (Å²) in [5.41, 5.74) is 1.43. The number of aromatic nitrogens is 4. The molecule has 7 heteroatoms. The Morgan fingerprint density at radius 3 is 2.48 bits per heavy atom. The summed E-state index contributed by atoms with van der Waals surface area (Å²) in [5.74, 6) is 1.94. The first-order chi connectivity index (χ1) is 13.9. The van der Waals surface area contributed by atoms with Crippen LogP contribution >= 0.6 is 0 Å². The van der Waals surface area contributed by atoms with E-state index in [0.29, 0.717) is 29.5 Å². The smallest absolute Gasteiger partial charge is 0.329 e. The van der Waals surface area contributed by atoms with Crippen molar-refractivity contribution in [1.82, 2.24) is 19.1 Å². The highest BCUT2D eigenvalue weighted by Gasteiger charge is 2.27. The van der Waals surface area contributed by atoms with Gasteiger partial charge in [0.25, 0.3) is 5.56 Å². The van der Waals surface area contributed by atoms with Gasteiger partial charge in [0.2, 0.25) is 5.95 Å². The number of nitrogens with one attached hydrogen (secondary N) is 1. The number of nitrogens with zero attached hydrogens (tertiary/aromatic N) is 4. The molecule has 3 heterocycles. The van der Waals surface area contributed by atoms with Crippen LogP contribution in [0.5, 0.6) is 0 Å². The summed E-state index contributed by atoms with van der Waals surface area (Å²) in [6.45, 7) is 7.03. The van der Waals surface area contributed by atoms with Crippen molar-refractivity contribution in [3.05, 3.63) is 56.7 Å². The Balaban J connectivity index is 1.74. The Morgan fingerprint density at radius 2 is 1.79 bits per heavy atom. The van der Waals surface area contributed by atoms with E-state index in [0.717, 1.165) is 31.9 Å². The summed E-state index contributed by atoms with van der Waals surface area (Å²) in [4.78, 5) is 34.3. The van der Waals surface area contributed by atoms with Gasteiger partial charge >= 0.3 is 5.69 Å². The van der Waals surface area contributed by atoms with Gasteiger partial charge in [0.05, 0.1) is 0 Å². The highest BCUT2D eigenvalue weighted by Crippen LogP contribution is 2.28. The molecule has 1 aliphatic rings. The second kappa shape index (κ2) is 7.89. The molecule has 2 atom stereocenters. The zero-order valence-corrected chi connectivity index (χ0v) is 17.4. The first-order valence-electron chi connectivity index (χ1n) is 10.4. The molecule has 29 heavy (non-hydrogen) atoms. The number of fused-ring (bicyclic) bond motifs is 1. The second-order valence-corrected chi connectivity index (χ2v) is 8.49. The highest BCUT2D eigenvalue weighted by atomic mass is 16.2. The van der Waals surface area contributed by atoms with E-state index < -0.39 is 5.69 Å². The Hall–Kier alpha value is -2.83. The minimum atomic E-state index is -0.427. The van der Waals surface area contributed by atoms with Crippen molar-refractivity contribution in [3.63, 3.8) is 0 Å². The molecule has 0 spiro atoms. The topological polar surface area (TPSA) is 75.9 Å². The Bertz CT molecular complexity index is 1100. The highest BCUT2D eigenvalue weighted by molar-refractivity contribution is 5.74. The van der Waals surface area contributed by atoms with E-state index in [-0.39, 0.29) is 5.56 Å². The molecule has 0 bridgehead atoms. The fourth-order valence-electron chi connectivity index (χ4n) is 4.59. The first-order valence-corrected chi connectivity index (χ1v) is 10.4. The summed E-state index contributed by atoms with van der Waals surface area (Å²) in [5, 5.41) is 0. The summed E-state index contributed by atoms with van der Waals surface area (Å²) >= 11 is 0. The Kier molecular flexibility index (Phi) is 5.30. The van der Waals surface area contributed by atoms with Crippen molar-refractivity contribution >= 4 is 17.1 Å². The van der Waals surface area contributed by atoms with E-state index in [9.17, 15) is 9.59 Å². The number of H-pyrrole nitrogens is 1. The molecule has 3 aromatic rings. The number of hydrogen-bond donors (Lipinski definition) is 1. The Labute approximate surface area is 170 Å². The maximum Gasteiger partial charge on any atom is 0.329 e. The van der Waals surface area contributed by atoms with Crippen LogP contribution in [0.2, 0.25) is 0 Å². The zero-order chi connectivity index (χ0) is 20.5. The van der Waals surface area contributed by atoms with Crippen LogP contribution in [-0.2, 0) is 20.0 Å². The lowest BCUT2D eigenvalue weighted by Gasteiger charge is -2.35. The van der Waals surface area contributed by atoms with Crippen LogP contribution in [-0.4, -0.2) is 32.2 Å². The van der Waals surface area contributed by atoms with Gasteiger partial charge in [-0.05, 0) is 36.7 Å². The zero-order valence-electron chi connectivity index (χ0n) is 17.4. The summed E-state index contributed by atoms with van der Waals surface area (Å²) in [6, 6.07) is 10.4.